The van der Waals surface area contributed by atoms with Crippen molar-refractivity contribution in [2.45, 2.75) is 0 Å². The van der Waals surface area contributed by atoms with Crippen LogP contribution in [0.3, 0.4) is 0 Å². The van der Waals surface area contributed by atoms with Crippen LogP contribution in [0.15, 0.2) is 121 Å². The number of hydrogen-bond donors (Lipinski definition) is 0. The summed E-state index contributed by atoms with van der Waals surface area (Å²) in [5, 5.41) is 0. The summed E-state index contributed by atoms with van der Waals surface area (Å²) in [6.45, 7) is 0. The van der Waals surface area contributed by atoms with Gasteiger partial charge >= 0.3 is 180 Å². The second-order valence-corrected chi connectivity index (χ2v) is 10.8. The number of benzene rings is 4. The molecule has 0 bridgehead atoms. The van der Waals surface area contributed by atoms with Gasteiger partial charge in [-0.25, -0.2) is 0 Å². The first-order chi connectivity index (χ1) is 13.9. The first-order valence-corrected chi connectivity index (χ1v) is 12.6. The van der Waals surface area contributed by atoms with E-state index in [0.717, 1.165) is 0 Å². The van der Waals surface area contributed by atoms with Crippen molar-refractivity contribution in [1.29, 1.82) is 0 Å². The summed E-state index contributed by atoms with van der Waals surface area (Å²) in [5.74, 6) is 0. The molecule has 0 N–H and O–H groups in total. The van der Waals surface area contributed by atoms with E-state index >= 15 is 0 Å². The summed E-state index contributed by atoms with van der Waals surface area (Å²) in [7, 11) is 0. The molecule has 0 radical (unpaired) electrons. The standard InChI is InChI=1S/C26H20Se2/c1-5-13-21(14-6-1)25(27-23-17-9-3-10-18-23)26(22-15-7-2-8-16-22)28-24-19-11-4-12-20-24/h1-20H/b26-25+. The Morgan fingerprint density at radius 1 is 0.357 bits per heavy atom. The number of hydrogen-bond acceptors (Lipinski definition) is 0. The van der Waals surface area contributed by atoms with Gasteiger partial charge in [0.15, 0.2) is 0 Å². The van der Waals surface area contributed by atoms with Crippen LogP contribution in [0.25, 0.3) is 8.94 Å². The van der Waals surface area contributed by atoms with Crippen molar-refractivity contribution >= 4 is 47.8 Å². The van der Waals surface area contributed by atoms with Crippen LogP contribution in [-0.2, 0) is 0 Å². The molecule has 0 nitrogen and oxygen atoms in total. The van der Waals surface area contributed by atoms with Crippen molar-refractivity contribution in [3.8, 4) is 0 Å². The molecule has 4 aromatic rings. The van der Waals surface area contributed by atoms with Crippen molar-refractivity contribution in [1.82, 2.24) is 0 Å². The quantitative estimate of drug-likeness (QED) is 0.275. The van der Waals surface area contributed by atoms with Gasteiger partial charge in [-0.1, -0.05) is 0 Å². The first kappa shape index (κ1) is 19.0. The van der Waals surface area contributed by atoms with E-state index in [1.165, 1.54) is 29.0 Å². The molecule has 0 aromatic heterocycles. The van der Waals surface area contributed by atoms with Crippen LogP contribution >= 0.6 is 0 Å². The fourth-order valence-electron chi connectivity index (χ4n) is 2.86. The van der Waals surface area contributed by atoms with E-state index < -0.39 is 0 Å². The summed E-state index contributed by atoms with van der Waals surface area (Å²) >= 11 is 0.481. The van der Waals surface area contributed by atoms with Gasteiger partial charge in [0.2, 0.25) is 0 Å². The number of rotatable bonds is 6. The Balaban J connectivity index is 1.88. The maximum atomic E-state index is 2.25. The molecule has 136 valence electrons. The Morgan fingerprint density at radius 2 is 0.643 bits per heavy atom. The van der Waals surface area contributed by atoms with Crippen molar-refractivity contribution < 1.29 is 0 Å². The second kappa shape index (κ2) is 9.73. The molecule has 0 fully saturated rings. The van der Waals surface area contributed by atoms with Gasteiger partial charge in [-0.05, 0) is 0 Å². The predicted molar refractivity (Wildman–Crippen MR) is 123 cm³/mol. The van der Waals surface area contributed by atoms with Crippen LogP contribution in [0.5, 0.6) is 0 Å². The van der Waals surface area contributed by atoms with Crippen LogP contribution < -0.4 is 8.92 Å². The zero-order chi connectivity index (χ0) is 19.0. The molecule has 28 heavy (non-hydrogen) atoms. The third-order valence-corrected chi connectivity index (χ3v) is 9.69. The Bertz CT molecular complexity index is 938. The molecule has 2 heteroatoms. The van der Waals surface area contributed by atoms with Gasteiger partial charge in [0, 0.05) is 0 Å². The van der Waals surface area contributed by atoms with E-state index in [0.29, 0.717) is 0 Å². The zero-order valence-corrected chi connectivity index (χ0v) is 18.8. The fourth-order valence-corrected chi connectivity index (χ4v) is 7.94. The molecule has 4 rings (SSSR count). The minimum atomic E-state index is 0.240. The maximum absolute atomic E-state index is 2.25. The van der Waals surface area contributed by atoms with Crippen molar-refractivity contribution in [2.75, 3.05) is 0 Å². The molecule has 0 amide bonds. The van der Waals surface area contributed by atoms with E-state index in [2.05, 4.69) is 121 Å². The molecule has 0 heterocycles. The molecule has 4 aromatic carbocycles. The molecular weight excluding hydrogens is 470 g/mol. The zero-order valence-electron chi connectivity index (χ0n) is 15.4. The molecule has 0 unspecified atom stereocenters. The summed E-state index contributed by atoms with van der Waals surface area (Å²) in [6, 6.07) is 43.6. The van der Waals surface area contributed by atoms with Gasteiger partial charge in [0.25, 0.3) is 0 Å². The topological polar surface area (TPSA) is 0 Å². The van der Waals surface area contributed by atoms with Crippen LogP contribution in [0.2, 0.25) is 0 Å². The van der Waals surface area contributed by atoms with Crippen molar-refractivity contribution in [3.63, 3.8) is 0 Å². The van der Waals surface area contributed by atoms with Gasteiger partial charge in [-0.3, -0.25) is 0 Å². The monoisotopic (exact) mass is 492 g/mol. The molecule has 0 aliphatic heterocycles. The van der Waals surface area contributed by atoms with E-state index in [9.17, 15) is 0 Å². The first-order valence-electron chi connectivity index (χ1n) is 9.21. The van der Waals surface area contributed by atoms with E-state index in [-0.39, 0.29) is 29.9 Å². The molecule has 0 saturated carbocycles. The Hall–Kier alpha value is -2.34. The summed E-state index contributed by atoms with van der Waals surface area (Å²) in [4.78, 5) is 0. The van der Waals surface area contributed by atoms with E-state index in [4.69, 9.17) is 0 Å². The van der Waals surface area contributed by atoms with Gasteiger partial charge in [-0.15, -0.1) is 0 Å². The van der Waals surface area contributed by atoms with Gasteiger partial charge in [-0.2, -0.15) is 0 Å². The Labute approximate surface area is 179 Å². The van der Waals surface area contributed by atoms with Crippen LogP contribution in [0, 0.1) is 0 Å². The average Bonchev–Trinajstić information content (AvgIpc) is 2.79. The second-order valence-electron chi connectivity index (χ2n) is 6.22. The fraction of sp³-hybridized carbons (Fsp3) is 0. The molecule has 0 atom stereocenters. The van der Waals surface area contributed by atoms with Gasteiger partial charge < -0.3 is 0 Å². The van der Waals surface area contributed by atoms with Crippen LogP contribution in [0.4, 0.5) is 0 Å². The van der Waals surface area contributed by atoms with E-state index in [1.807, 2.05) is 0 Å². The SMILES string of the molecule is c1ccc([Se]/C(=C(/[Se]c2ccccc2)c2ccccc2)c2ccccc2)cc1. The molecule has 0 saturated heterocycles. The summed E-state index contributed by atoms with van der Waals surface area (Å²) in [6.07, 6.45) is 0. The van der Waals surface area contributed by atoms with Crippen molar-refractivity contribution in [2.24, 2.45) is 0 Å². The predicted octanol–water partition coefficient (Wildman–Crippen LogP) is 4.57. The molecular formula is C26H20Se2. The van der Waals surface area contributed by atoms with Gasteiger partial charge in [0.05, 0.1) is 0 Å². The van der Waals surface area contributed by atoms with Crippen LogP contribution in [-0.4, -0.2) is 29.9 Å². The van der Waals surface area contributed by atoms with Crippen molar-refractivity contribution in [3.05, 3.63) is 132 Å². The summed E-state index contributed by atoms with van der Waals surface area (Å²) in [5.41, 5.74) is 2.67. The van der Waals surface area contributed by atoms with Gasteiger partial charge in [0.1, 0.15) is 0 Å². The third-order valence-electron chi connectivity index (χ3n) is 4.20. The molecule has 0 spiro atoms. The van der Waals surface area contributed by atoms with E-state index in [1.54, 1.807) is 0 Å². The summed E-state index contributed by atoms with van der Waals surface area (Å²) < 4.78 is 5.78. The Kier molecular flexibility index (Phi) is 6.60. The average molecular weight is 490 g/mol. The Morgan fingerprint density at radius 3 is 0.964 bits per heavy atom. The van der Waals surface area contributed by atoms with Crippen LogP contribution in [0.1, 0.15) is 11.1 Å². The molecule has 0 aliphatic carbocycles. The normalized spacial score (nSPS) is 11.7. The minimum absolute atomic E-state index is 0.240. The third kappa shape index (κ3) is 4.93. The molecule has 0 aliphatic rings.